The summed E-state index contributed by atoms with van der Waals surface area (Å²) in [5.41, 5.74) is 4.39. The SMILES string of the molecule is CC(C)(C)OC(=O)Nc1nc(CN(CCCC(=O)O)C(=O)OCC2c3ccccc3-c3ccccc32)cs1. The molecule has 1 aliphatic rings. The Morgan fingerprint density at radius 3 is 2.29 bits per heavy atom. The molecule has 0 atom stereocenters. The third-order valence-electron chi connectivity index (χ3n) is 5.93. The molecule has 1 aromatic heterocycles. The minimum atomic E-state index is -0.935. The molecule has 200 valence electrons. The number of rotatable bonds is 9. The zero-order valence-corrected chi connectivity index (χ0v) is 22.4. The van der Waals surface area contributed by atoms with Gasteiger partial charge in [0.2, 0.25) is 0 Å². The molecule has 0 unspecified atom stereocenters. The number of nitrogens with one attached hydrogen (secondary N) is 1. The van der Waals surface area contributed by atoms with E-state index in [1.165, 1.54) is 16.2 Å². The highest BCUT2D eigenvalue weighted by Crippen LogP contribution is 2.44. The highest BCUT2D eigenvalue weighted by Gasteiger charge is 2.30. The molecule has 0 aliphatic heterocycles. The van der Waals surface area contributed by atoms with Gasteiger partial charge in [0.05, 0.1) is 12.2 Å². The third kappa shape index (κ3) is 6.89. The van der Waals surface area contributed by atoms with E-state index in [-0.39, 0.29) is 38.5 Å². The van der Waals surface area contributed by atoms with Crippen molar-refractivity contribution in [3.63, 3.8) is 0 Å². The van der Waals surface area contributed by atoms with Gasteiger partial charge in [-0.2, -0.15) is 0 Å². The van der Waals surface area contributed by atoms with E-state index in [1.807, 2.05) is 36.4 Å². The monoisotopic (exact) mass is 537 g/mol. The Balaban J connectivity index is 1.43. The molecular formula is C28H31N3O6S. The fraction of sp³-hybridized carbons (Fsp3) is 0.357. The molecule has 0 saturated carbocycles. The minimum absolute atomic E-state index is 0.0737. The molecule has 0 fully saturated rings. The Morgan fingerprint density at radius 2 is 1.68 bits per heavy atom. The first kappa shape index (κ1) is 27.1. The summed E-state index contributed by atoms with van der Waals surface area (Å²) in [7, 11) is 0. The van der Waals surface area contributed by atoms with Gasteiger partial charge in [0, 0.05) is 24.3 Å². The van der Waals surface area contributed by atoms with E-state index in [4.69, 9.17) is 14.6 Å². The van der Waals surface area contributed by atoms with Crippen molar-refractivity contribution in [2.24, 2.45) is 0 Å². The smallest absolute Gasteiger partial charge is 0.413 e. The summed E-state index contributed by atoms with van der Waals surface area (Å²) in [6.07, 6.45) is -0.970. The van der Waals surface area contributed by atoms with Gasteiger partial charge in [-0.05, 0) is 49.4 Å². The number of nitrogens with zero attached hydrogens (tertiary/aromatic N) is 2. The highest BCUT2D eigenvalue weighted by molar-refractivity contribution is 7.13. The molecule has 4 rings (SSSR count). The predicted molar refractivity (Wildman–Crippen MR) is 144 cm³/mol. The van der Waals surface area contributed by atoms with E-state index in [9.17, 15) is 14.4 Å². The maximum atomic E-state index is 13.2. The van der Waals surface area contributed by atoms with Crippen LogP contribution in [0.5, 0.6) is 0 Å². The maximum absolute atomic E-state index is 13.2. The van der Waals surface area contributed by atoms with Crippen molar-refractivity contribution in [3.8, 4) is 11.1 Å². The van der Waals surface area contributed by atoms with Crippen molar-refractivity contribution in [2.75, 3.05) is 18.5 Å². The number of carbonyl (C=O) groups is 3. The summed E-state index contributed by atoms with van der Waals surface area (Å²) in [4.78, 5) is 42.1. The number of benzene rings is 2. The van der Waals surface area contributed by atoms with Crippen LogP contribution in [-0.4, -0.2) is 51.9 Å². The van der Waals surface area contributed by atoms with Crippen LogP contribution >= 0.6 is 11.3 Å². The number of carbonyl (C=O) groups excluding carboxylic acids is 2. The minimum Gasteiger partial charge on any atom is -0.481 e. The zero-order valence-electron chi connectivity index (χ0n) is 21.6. The van der Waals surface area contributed by atoms with Gasteiger partial charge >= 0.3 is 18.2 Å². The van der Waals surface area contributed by atoms with Crippen molar-refractivity contribution in [1.82, 2.24) is 9.88 Å². The van der Waals surface area contributed by atoms with E-state index < -0.39 is 23.8 Å². The normalized spacial score (nSPS) is 12.4. The van der Waals surface area contributed by atoms with Crippen LogP contribution in [0.2, 0.25) is 0 Å². The number of fused-ring (bicyclic) bond motifs is 3. The number of amides is 2. The summed E-state index contributed by atoms with van der Waals surface area (Å²) in [6.45, 7) is 5.76. The Morgan fingerprint density at radius 1 is 1.05 bits per heavy atom. The summed E-state index contributed by atoms with van der Waals surface area (Å²) < 4.78 is 11.0. The maximum Gasteiger partial charge on any atom is 0.413 e. The number of hydrogen-bond donors (Lipinski definition) is 2. The number of anilines is 1. The first-order valence-corrected chi connectivity index (χ1v) is 13.2. The van der Waals surface area contributed by atoms with Gasteiger partial charge in [0.25, 0.3) is 0 Å². The fourth-order valence-corrected chi connectivity index (χ4v) is 5.05. The van der Waals surface area contributed by atoms with Crippen LogP contribution in [0.4, 0.5) is 14.7 Å². The average molecular weight is 538 g/mol. The molecule has 2 amide bonds. The first-order valence-electron chi connectivity index (χ1n) is 12.4. The molecular weight excluding hydrogens is 506 g/mol. The molecule has 0 spiro atoms. The van der Waals surface area contributed by atoms with Crippen LogP contribution in [0.3, 0.4) is 0 Å². The Labute approximate surface area is 225 Å². The Kier molecular flexibility index (Phi) is 8.31. The van der Waals surface area contributed by atoms with Crippen molar-refractivity contribution in [2.45, 2.75) is 51.7 Å². The molecule has 2 N–H and O–H groups in total. The molecule has 0 bridgehead atoms. The third-order valence-corrected chi connectivity index (χ3v) is 6.73. The number of thiazole rings is 1. The van der Waals surface area contributed by atoms with Crippen LogP contribution in [0.1, 0.15) is 56.4 Å². The summed E-state index contributed by atoms with van der Waals surface area (Å²) in [6, 6.07) is 16.2. The number of aliphatic carboxylic acids is 1. The lowest BCUT2D eigenvalue weighted by atomic mass is 9.98. The molecule has 3 aromatic rings. The summed E-state index contributed by atoms with van der Waals surface area (Å²) >= 11 is 1.21. The number of carboxylic acid groups (broad SMARTS) is 1. The van der Waals surface area contributed by atoms with Gasteiger partial charge in [0.15, 0.2) is 5.13 Å². The van der Waals surface area contributed by atoms with Crippen LogP contribution in [0, 0.1) is 0 Å². The van der Waals surface area contributed by atoms with Gasteiger partial charge in [-0.1, -0.05) is 48.5 Å². The Hall–Kier alpha value is -3.92. The van der Waals surface area contributed by atoms with Crippen LogP contribution in [0.15, 0.2) is 53.9 Å². The second-order valence-electron chi connectivity index (χ2n) is 9.99. The van der Waals surface area contributed by atoms with Crippen LogP contribution in [0.25, 0.3) is 11.1 Å². The topological polar surface area (TPSA) is 118 Å². The van der Waals surface area contributed by atoms with Gasteiger partial charge in [-0.25, -0.2) is 14.6 Å². The quantitative estimate of drug-likeness (QED) is 0.338. The van der Waals surface area contributed by atoms with E-state index in [2.05, 4.69) is 22.4 Å². The lowest BCUT2D eigenvalue weighted by molar-refractivity contribution is -0.137. The first-order chi connectivity index (χ1) is 18.1. The van der Waals surface area contributed by atoms with Gasteiger partial charge < -0.3 is 19.5 Å². The molecule has 0 radical (unpaired) electrons. The second kappa shape index (κ2) is 11.6. The second-order valence-corrected chi connectivity index (χ2v) is 10.9. The van der Waals surface area contributed by atoms with Crippen molar-refractivity contribution >= 4 is 34.6 Å². The lowest BCUT2D eigenvalue weighted by Gasteiger charge is -2.23. The highest BCUT2D eigenvalue weighted by atomic mass is 32.1. The van der Waals surface area contributed by atoms with Crippen LogP contribution < -0.4 is 5.32 Å². The largest absolute Gasteiger partial charge is 0.481 e. The van der Waals surface area contributed by atoms with Gasteiger partial charge in [-0.3, -0.25) is 10.1 Å². The fourth-order valence-electron chi connectivity index (χ4n) is 4.36. The summed E-state index contributed by atoms with van der Waals surface area (Å²) in [5.74, 6) is -1.02. The molecule has 0 saturated heterocycles. The molecule has 2 aromatic carbocycles. The predicted octanol–water partition coefficient (Wildman–Crippen LogP) is 6.11. The molecule has 1 aliphatic carbocycles. The molecule has 1 heterocycles. The van der Waals surface area contributed by atoms with Gasteiger partial charge in [-0.15, -0.1) is 11.3 Å². The molecule has 10 heteroatoms. The van der Waals surface area contributed by atoms with Crippen LogP contribution in [-0.2, 0) is 20.8 Å². The molecule has 38 heavy (non-hydrogen) atoms. The number of aromatic nitrogens is 1. The van der Waals surface area contributed by atoms with Crippen molar-refractivity contribution in [3.05, 3.63) is 70.7 Å². The van der Waals surface area contributed by atoms with E-state index in [1.54, 1.807) is 26.2 Å². The number of ether oxygens (including phenoxy) is 2. The van der Waals surface area contributed by atoms with E-state index in [0.717, 1.165) is 22.3 Å². The van der Waals surface area contributed by atoms with Crippen molar-refractivity contribution < 1.29 is 29.0 Å². The summed E-state index contributed by atoms with van der Waals surface area (Å²) in [5, 5.41) is 13.7. The van der Waals surface area contributed by atoms with Crippen molar-refractivity contribution in [1.29, 1.82) is 0 Å². The van der Waals surface area contributed by atoms with E-state index >= 15 is 0 Å². The number of carboxylic acids is 1. The van der Waals surface area contributed by atoms with E-state index in [0.29, 0.717) is 10.8 Å². The average Bonchev–Trinajstić information content (AvgIpc) is 3.42. The number of hydrogen-bond acceptors (Lipinski definition) is 7. The standard InChI is InChI=1S/C28H31N3O6S/c1-28(2,3)37-26(34)30-25-29-18(17-38-25)15-31(14-8-13-24(32)33)27(35)36-16-23-21-11-6-4-9-19(21)20-10-5-7-12-22(20)23/h4-7,9-12,17,23H,8,13-16H2,1-3H3,(H,32,33)(H,29,30,34). The molecule has 9 nitrogen and oxygen atoms in total. The zero-order chi connectivity index (χ0) is 27.3. The van der Waals surface area contributed by atoms with Gasteiger partial charge in [0.1, 0.15) is 12.2 Å². The lowest BCUT2D eigenvalue weighted by Crippen LogP contribution is -2.33. The Bertz CT molecular complexity index is 1270.